The van der Waals surface area contributed by atoms with Crippen LogP contribution in [0.5, 0.6) is 0 Å². The van der Waals surface area contributed by atoms with E-state index in [1.54, 1.807) is 0 Å². The number of carbonyl (C=O) groups excluding carboxylic acids is 1. The van der Waals surface area contributed by atoms with E-state index in [0.29, 0.717) is 0 Å². The monoisotopic (exact) mass is 234 g/mol. The summed E-state index contributed by atoms with van der Waals surface area (Å²) in [6.07, 6.45) is 2.52. The Morgan fingerprint density at radius 2 is 2.07 bits per heavy atom. The topological polar surface area (TPSA) is 66.5 Å². The van der Waals surface area contributed by atoms with Gasteiger partial charge in [0.25, 0.3) is 0 Å². The van der Waals surface area contributed by atoms with Crippen molar-refractivity contribution in [1.29, 1.82) is 0 Å². The van der Waals surface area contributed by atoms with Crippen LogP contribution in [0.4, 0.5) is 0 Å². The molecule has 0 aliphatic heterocycles. The Kier molecular flexibility index (Phi) is 5.53. The van der Waals surface area contributed by atoms with Crippen molar-refractivity contribution in [3.8, 4) is 0 Å². The number of rotatable bonds is 6. The van der Waals surface area contributed by atoms with Crippen LogP contribution in [0.3, 0.4) is 0 Å². The Morgan fingerprint density at radius 3 is 2.40 bits per heavy atom. The van der Waals surface area contributed by atoms with Crippen molar-refractivity contribution >= 4 is 15.9 Å². The van der Waals surface area contributed by atoms with Crippen molar-refractivity contribution in [2.45, 2.75) is 19.9 Å². The second-order valence-corrected chi connectivity index (χ2v) is 5.55. The first kappa shape index (κ1) is 14.1. The smallest absolute Gasteiger partial charge is 0.235 e. The number of hydrogen-bond donors (Lipinski definition) is 1. The van der Waals surface area contributed by atoms with E-state index in [2.05, 4.69) is 11.9 Å². The summed E-state index contributed by atoms with van der Waals surface area (Å²) >= 11 is 0. The SMILES string of the molecule is C=CCN(CC(=O)NC(C)C)S(C)(=O)=O. The first-order chi connectivity index (χ1) is 6.77. The summed E-state index contributed by atoms with van der Waals surface area (Å²) < 4.78 is 23.5. The number of amides is 1. The van der Waals surface area contributed by atoms with Crippen LogP contribution in [0.15, 0.2) is 12.7 Å². The first-order valence-corrected chi connectivity index (χ1v) is 6.47. The van der Waals surface area contributed by atoms with Gasteiger partial charge in [-0.3, -0.25) is 4.79 Å². The normalized spacial score (nSPS) is 11.8. The van der Waals surface area contributed by atoms with Crippen molar-refractivity contribution in [3.05, 3.63) is 12.7 Å². The molecule has 1 amide bonds. The third-order valence-corrected chi connectivity index (χ3v) is 2.79. The molecular formula is C9H18N2O3S. The summed E-state index contributed by atoms with van der Waals surface area (Å²) in [6.45, 7) is 7.06. The molecule has 0 bridgehead atoms. The first-order valence-electron chi connectivity index (χ1n) is 4.62. The third kappa shape index (κ3) is 6.24. The Labute approximate surface area is 91.2 Å². The van der Waals surface area contributed by atoms with E-state index in [1.807, 2.05) is 13.8 Å². The van der Waals surface area contributed by atoms with Gasteiger partial charge in [0.05, 0.1) is 12.8 Å². The number of hydrogen-bond acceptors (Lipinski definition) is 3. The average molecular weight is 234 g/mol. The van der Waals surface area contributed by atoms with E-state index in [9.17, 15) is 13.2 Å². The second-order valence-electron chi connectivity index (χ2n) is 3.57. The highest BCUT2D eigenvalue weighted by molar-refractivity contribution is 7.88. The minimum absolute atomic E-state index is 0.00245. The lowest BCUT2D eigenvalue weighted by molar-refractivity contribution is -0.121. The molecule has 0 aromatic carbocycles. The fraction of sp³-hybridized carbons (Fsp3) is 0.667. The lowest BCUT2D eigenvalue weighted by Crippen LogP contribution is -2.42. The van der Waals surface area contributed by atoms with Gasteiger partial charge < -0.3 is 5.32 Å². The lowest BCUT2D eigenvalue weighted by atomic mass is 10.4. The van der Waals surface area contributed by atoms with Crippen LogP contribution in [0.2, 0.25) is 0 Å². The molecule has 0 aromatic heterocycles. The van der Waals surface area contributed by atoms with Crippen molar-refractivity contribution < 1.29 is 13.2 Å². The molecule has 0 aliphatic carbocycles. The molecule has 1 N–H and O–H groups in total. The number of carbonyl (C=O) groups is 1. The third-order valence-electron chi connectivity index (χ3n) is 1.57. The summed E-state index contributed by atoms with van der Waals surface area (Å²) in [7, 11) is -3.36. The zero-order valence-corrected chi connectivity index (χ0v) is 10.2. The minimum Gasteiger partial charge on any atom is -0.353 e. The van der Waals surface area contributed by atoms with Crippen LogP contribution in [0.1, 0.15) is 13.8 Å². The molecule has 88 valence electrons. The molecule has 0 fully saturated rings. The zero-order chi connectivity index (χ0) is 12.1. The van der Waals surface area contributed by atoms with E-state index in [-0.39, 0.29) is 25.0 Å². The average Bonchev–Trinajstić information content (AvgIpc) is 2.00. The summed E-state index contributed by atoms with van der Waals surface area (Å²) in [4.78, 5) is 11.3. The fourth-order valence-corrected chi connectivity index (χ4v) is 1.72. The van der Waals surface area contributed by atoms with Crippen molar-refractivity contribution in [1.82, 2.24) is 9.62 Å². The molecule has 15 heavy (non-hydrogen) atoms. The molecule has 0 saturated heterocycles. The van der Waals surface area contributed by atoms with Crippen LogP contribution in [0, 0.1) is 0 Å². The van der Waals surface area contributed by atoms with E-state index in [0.717, 1.165) is 10.6 Å². The summed E-state index contributed by atoms with van der Waals surface area (Å²) in [5.74, 6) is -0.308. The van der Waals surface area contributed by atoms with E-state index in [4.69, 9.17) is 0 Å². The maximum absolute atomic E-state index is 11.3. The van der Waals surface area contributed by atoms with Gasteiger partial charge in [-0.05, 0) is 13.8 Å². The zero-order valence-electron chi connectivity index (χ0n) is 9.36. The molecule has 0 saturated carbocycles. The highest BCUT2D eigenvalue weighted by atomic mass is 32.2. The Morgan fingerprint density at radius 1 is 1.53 bits per heavy atom. The van der Waals surface area contributed by atoms with Crippen molar-refractivity contribution in [3.63, 3.8) is 0 Å². The fourth-order valence-electron chi connectivity index (χ4n) is 0.989. The van der Waals surface area contributed by atoms with Gasteiger partial charge in [0.2, 0.25) is 15.9 Å². The van der Waals surface area contributed by atoms with E-state index >= 15 is 0 Å². The van der Waals surface area contributed by atoms with Crippen molar-refractivity contribution in [2.75, 3.05) is 19.3 Å². The second kappa shape index (κ2) is 5.87. The van der Waals surface area contributed by atoms with Crippen LogP contribution >= 0.6 is 0 Å². The predicted octanol–water partition coefficient (Wildman–Crippen LogP) is -0.0414. The molecule has 0 atom stereocenters. The van der Waals surface area contributed by atoms with Crippen LogP contribution in [-0.4, -0.2) is 44.0 Å². The van der Waals surface area contributed by atoms with Gasteiger partial charge in [0, 0.05) is 12.6 Å². The highest BCUT2D eigenvalue weighted by Crippen LogP contribution is 1.97. The standard InChI is InChI=1S/C9H18N2O3S/c1-5-6-11(15(4,13)14)7-9(12)10-8(2)3/h5,8H,1,6-7H2,2-4H3,(H,10,12). The van der Waals surface area contributed by atoms with Crippen LogP contribution < -0.4 is 5.32 Å². The molecule has 6 heteroatoms. The number of nitrogens with zero attached hydrogens (tertiary/aromatic N) is 1. The van der Waals surface area contributed by atoms with Gasteiger partial charge in [-0.2, -0.15) is 4.31 Å². The van der Waals surface area contributed by atoms with Crippen molar-refractivity contribution in [2.24, 2.45) is 0 Å². The van der Waals surface area contributed by atoms with Gasteiger partial charge in [-0.15, -0.1) is 6.58 Å². The molecular weight excluding hydrogens is 216 g/mol. The molecule has 0 radical (unpaired) electrons. The van der Waals surface area contributed by atoms with Gasteiger partial charge in [-0.1, -0.05) is 6.08 Å². The molecule has 0 aromatic rings. The Hall–Kier alpha value is -0.880. The molecule has 0 spiro atoms. The Bertz CT molecular complexity index is 322. The maximum Gasteiger partial charge on any atom is 0.235 e. The van der Waals surface area contributed by atoms with Gasteiger partial charge in [0.1, 0.15) is 0 Å². The Balaban J connectivity index is 4.43. The van der Waals surface area contributed by atoms with Crippen LogP contribution in [0.25, 0.3) is 0 Å². The van der Waals surface area contributed by atoms with Gasteiger partial charge >= 0.3 is 0 Å². The highest BCUT2D eigenvalue weighted by Gasteiger charge is 2.18. The van der Waals surface area contributed by atoms with Gasteiger partial charge in [-0.25, -0.2) is 8.42 Å². The number of sulfonamides is 1. The molecule has 5 nitrogen and oxygen atoms in total. The van der Waals surface area contributed by atoms with E-state index in [1.165, 1.54) is 6.08 Å². The van der Waals surface area contributed by atoms with E-state index < -0.39 is 10.0 Å². The molecule has 0 aliphatic rings. The summed E-state index contributed by atoms with van der Waals surface area (Å²) in [5.41, 5.74) is 0. The molecule has 0 unspecified atom stereocenters. The summed E-state index contributed by atoms with van der Waals surface area (Å²) in [6, 6.07) is 0.00245. The largest absolute Gasteiger partial charge is 0.353 e. The summed E-state index contributed by atoms with van der Waals surface area (Å²) in [5, 5.41) is 2.62. The lowest BCUT2D eigenvalue weighted by Gasteiger charge is -2.18. The quantitative estimate of drug-likeness (QED) is 0.656. The predicted molar refractivity (Wildman–Crippen MR) is 59.9 cm³/mol. The molecule has 0 rings (SSSR count). The molecule has 0 heterocycles. The maximum atomic E-state index is 11.3. The minimum atomic E-state index is -3.36. The number of nitrogens with one attached hydrogen (secondary N) is 1. The van der Waals surface area contributed by atoms with Crippen LogP contribution in [-0.2, 0) is 14.8 Å². The van der Waals surface area contributed by atoms with Gasteiger partial charge in [0.15, 0.2) is 0 Å².